The van der Waals surface area contributed by atoms with E-state index in [4.69, 9.17) is 4.74 Å². The van der Waals surface area contributed by atoms with E-state index in [-0.39, 0.29) is 5.41 Å². The fourth-order valence-electron chi connectivity index (χ4n) is 2.66. The Kier molecular flexibility index (Phi) is 4.31. The Morgan fingerprint density at radius 1 is 1.47 bits per heavy atom. The highest BCUT2D eigenvalue weighted by Gasteiger charge is 2.49. The van der Waals surface area contributed by atoms with Gasteiger partial charge in [-0.25, -0.2) is 0 Å². The Bertz CT molecular complexity index is 386. The second kappa shape index (κ2) is 5.63. The van der Waals surface area contributed by atoms with Crippen LogP contribution in [0.3, 0.4) is 0 Å². The van der Waals surface area contributed by atoms with E-state index in [0.29, 0.717) is 24.1 Å². The Balaban J connectivity index is 1.84. The molecule has 19 heavy (non-hydrogen) atoms. The van der Waals surface area contributed by atoms with Crippen LogP contribution in [0.5, 0.6) is 0 Å². The standard InChI is InChI=1S/C15H27N3O/c1-10(2)9-19-14-6-13(15(14,4)5)18-11(3)12-7-16-17-8-12/h7-8,10-11,13-14,18H,6,9H2,1-5H3,(H,16,17). The lowest BCUT2D eigenvalue weighted by Crippen LogP contribution is -2.61. The lowest BCUT2D eigenvalue weighted by Gasteiger charge is -2.53. The van der Waals surface area contributed by atoms with E-state index < -0.39 is 0 Å². The van der Waals surface area contributed by atoms with Gasteiger partial charge in [0.25, 0.3) is 0 Å². The van der Waals surface area contributed by atoms with Gasteiger partial charge in [0.15, 0.2) is 0 Å². The van der Waals surface area contributed by atoms with Crippen molar-refractivity contribution in [3.63, 3.8) is 0 Å². The number of hydrogen-bond acceptors (Lipinski definition) is 3. The van der Waals surface area contributed by atoms with E-state index >= 15 is 0 Å². The molecule has 1 aromatic heterocycles. The van der Waals surface area contributed by atoms with Gasteiger partial charge in [-0.3, -0.25) is 5.10 Å². The summed E-state index contributed by atoms with van der Waals surface area (Å²) < 4.78 is 6.00. The van der Waals surface area contributed by atoms with Crippen molar-refractivity contribution in [2.45, 2.75) is 59.2 Å². The molecule has 1 aliphatic carbocycles. The van der Waals surface area contributed by atoms with Gasteiger partial charge in [0.05, 0.1) is 12.3 Å². The third-order valence-corrected chi connectivity index (χ3v) is 4.28. The van der Waals surface area contributed by atoms with Gasteiger partial charge in [-0.2, -0.15) is 5.10 Å². The van der Waals surface area contributed by atoms with E-state index in [2.05, 4.69) is 50.1 Å². The normalized spacial score (nSPS) is 27.3. The molecular formula is C15H27N3O. The molecule has 0 amide bonds. The first-order chi connectivity index (χ1) is 8.91. The molecule has 1 aliphatic rings. The first kappa shape index (κ1) is 14.5. The largest absolute Gasteiger partial charge is 0.377 e. The van der Waals surface area contributed by atoms with Gasteiger partial charge in [-0.15, -0.1) is 0 Å². The molecule has 0 bridgehead atoms. The number of nitrogens with zero attached hydrogens (tertiary/aromatic N) is 1. The second-order valence-electron chi connectivity index (χ2n) is 6.75. The highest BCUT2D eigenvalue weighted by atomic mass is 16.5. The van der Waals surface area contributed by atoms with Crippen LogP contribution < -0.4 is 5.32 Å². The van der Waals surface area contributed by atoms with Crippen LogP contribution in [0.15, 0.2) is 12.4 Å². The molecule has 0 radical (unpaired) electrons. The van der Waals surface area contributed by atoms with Crippen LogP contribution in [0.2, 0.25) is 0 Å². The molecule has 1 aromatic rings. The predicted molar refractivity (Wildman–Crippen MR) is 76.9 cm³/mol. The molecule has 4 nitrogen and oxygen atoms in total. The number of hydrogen-bond donors (Lipinski definition) is 2. The third-order valence-electron chi connectivity index (χ3n) is 4.28. The van der Waals surface area contributed by atoms with Crippen LogP contribution in [0.25, 0.3) is 0 Å². The first-order valence-corrected chi connectivity index (χ1v) is 7.27. The monoisotopic (exact) mass is 265 g/mol. The van der Waals surface area contributed by atoms with E-state index in [1.165, 1.54) is 5.56 Å². The number of aromatic nitrogens is 2. The van der Waals surface area contributed by atoms with Crippen LogP contribution in [-0.4, -0.2) is 29.0 Å². The molecule has 3 unspecified atom stereocenters. The molecule has 0 aromatic carbocycles. The van der Waals surface area contributed by atoms with Crippen molar-refractivity contribution in [2.24, 2.45) is 11.3 Å². The summed E-state index contributed by atoms with van der Waals surface area (Å²) in [7, 11) is 0. The third kappa shape index (κ3) is 3.18. The number of rotatable bonds is 6. The van der Waals surface area contributed by atoms with Crippen molar-refractivity contribution in [3.8, 4) is 0 Å². The summed E-state index contributed by atoms with van der Waals surface area (Å²) in [6, 6.07) is 0.837. The molecule has 4 heteroatoms. The number of aromatic amines is 1. The van der Waals surface area contributed by atoms with Gasteiger partial charge in [0.1, 0.15) is 0 Å². The lowest BCUT2D eigenvalue weighted by molar-refractivity contribution is -0.125. The van der Waals surface area contributed by atoms with E-state index in [0.717, 1.165) is 13.0 Å². The highest BCUT2D eigenvalue weighted by molar-refractivity contribution is 5.11. The van der Waals surface area contributed by atoms with Crippen molar-refractivity contribution >= 4 is 0 Å². The zero-order chi connectivity index (χ0) is 14.0. The summed E-state index contributed by atoms with van der Waals surface area (Å²) in [5, 5.41) is 10.6. The molecule has 3 atom stereocenters. The summed E-state index contributed by atoms with van der Waals surface area (Å²) in [6.45, 7) is 12.0. The number of ether oxygens (including phenoxy) is 1. The molecule has 0 aliphatic heterocycles. The van der Waals surface area contributed by atoms with Crippen molar-refractivity contribution in [1.82, 2.24) is 15.5 Å². The minimum atomic E-state index is 0.201. The average Bonchev–Trinajstić information content (AvgIpc) is 2.85. The van der Waals surface area contributed by atoms with Crippen molar-refractivity contribution in [2.75, 3.05) is 6.61 Å². The summed E-state index contributed by atoms with van der Waals surface area (Å²) >= 11 is 0. The summed E-state index contributed by atoms with van der Waals surface area (Å²) in [5.74, 6) is 0.604. The minimum Gasteiger partial charge on any atom is -0.377 e. The topological polar surface area (TPSA) is 49.9 Å². The van der Waals surface area contributed by atoms with Gasteiger partial charge in [-0.1, -0.05) is 27.7 Å². The molecule has 2 rings (SSSR count). The maximum atomic E-state index is 6.00. The fraction of sp³-hybridized carbons (Fsp3) is 0.800. The Morgan fingerprint density at radius 2 is 2.21 bits per heavy atom. The predicted octanol–water partition coefficient (Wildman–Crippen LogP) is 2.90. The van der Waals surface area contributed by atoms with Crippen molar-refractivity contribution in [3.05, 3.63) is 18.0 Å². The van der Waals surface area contributed by atoms with Gasteiger partial charge in [0.2, 0.25) is 0 Å². The molecule has 1 saturated carbocycles. The SMILES string of the molecule is CC(C)COC1CC(NC(C)c2cn[nH]c2)C1(C)C. The molecule has 0 saturated heterocycles. The maximum Gasteiger partial charge on any atom is 0.0656 e. The zero-order valence-electron chi connectivity index (χ0n) is 12.7. The molecule has 1 heterocycles. The van der Waals surface area contributed by atoms with E-state index in [1.54, 1.807) is 0 Å². The van der Waals surface area contributed by atoms with Crippen LogP contribution in [-0.2, 0) is 4.74 Å². The molecule has 1 fully saturated rings. The van der Waals surface area contributed by atoms with Gasteiger partial charge < -0.3 is 10.1 Å². The average molecular weight is 265 g/mol. The number of H-pyrrole nitrogens is 1. The summed E-state index contributed by atoms with van der Waals surface area (Å²) in [5.41, 5.74) is 1.41. The van der Waals surface area contributed by atoms with Crippen molar-refractivity contribution in [1.29, 1.82) is 0 Å². The van der Waals surface area contributed by atoms with E-state index in [1.807, 2.05) is 12.4 Å². The van der Waals surface area contributed by atoms with Crippen molar-refractivity contribution < 1.29 is 4.74 Å². The Morgan fingerprint density at radius 3 is 2.74 bits per heavy atom. The zero-order valence-corrected chi connectivity index (χ0v) is 12.7. The highest BCUT2D eigenvalue weighted by Crippen LogP contribution is 2.43. The Labute approximate surface area is 116 Å². The van der Waals surface area contributed by atoms with Crippen LogP contribution in [0.1, 0.15) is 52.6 Å². The van der Waals surface area contributed by atoms with Crippen LogP contribution in [0, 0.1) is 11.3 Å². The van der Waals surface area contributed by atoms with Crippen LogP contribution >= 0.6 is 0 Å². The summed E-state index contributed by atoms with van der Waals surface area (Å²) in [4.78, 5) is 0. The first-order valence-electron chi connectivity index (χ1n) is 7.27. The van der Waals surface area contributed by atoms with E-state index in [9.17, 15) is 0 Å². The Hall–Kier alpha value is -0.870. The minimum absolute atomic E-state index is 0.201. The van der Waals surface area contributed by atoms with Gasteiger partial charge in [-0.05, 0) is 19.3 Å². The van der Waals surface area contributed by atoms with Gasteiger partial charge in [0, 0.05) is 35.9 Å². The fourth-order valence-corrected chi connectivity index (χ4v) is 2.66. The molecule has 2 N–H and O–H groups in total. The van der Waals surface area contributed by atoms with Gasteiger partial charge >= 0.3 is 0 Å². The quantitative estimate of drug-likeness (QED) is 0.831. The number of nitrogens with one attached hydrogen (secondary N) is 2. The second-order valence-corrected chi connectivity index (χ2v) is 6.75. The maximum absolute atomic E-state index is 6.00. The molecule has 0 spiro atoms. The molecular weight excluding hydrogens is 238 g/mol. The van der Waals surface area contributed by atoms with Crippen LogP contribution in [0.4, 0.5) is 0 Å². The smallest absolute Gasteiger partial charge is 0.0656 e. The molecule has 108 valence electrons. The summed E-state index contributed by atoms with van der Waals surface area (Å²) in [6.07, 6.45) is 5.32. The lowest BCUT2D eigenvalue weighted by atomic mass is 9.64.